The van der Waals surface area contributed by atoms with Crippen molar-refractivity contribution in [3.8, 4) is 0 Å². The van der Waals surface area contributed by atoms with Crippen LogP contribution in [0.25, 0.3) is 10.2 Å². The summed E-state index contributed by atoms with van der Waals surface area (Å²) < 4.78 is 27.9. The number of thiazole rings is 1. The molecule has 0 radical (unpaired) electrons. The van der Waals surface area contributed by atoms with Gasteiger partial charge in [0.25, 0.3) is 10.0 Å². The molecule has 2 aromatic heterocycles. The molecule has 1 aliphatic heterocycles. The number of nitrogens with zero attached hydrogens (tertiary/aromatic N) is 4. The van der Waals surface area contributed by atoms with Crippen molar-refractivity contribution in [1.29, 1.82) is 0 Å². The van der Waals surface area contributed by atoms with Gasteiger partial charge in [-0.05, 0) is 30.7 Å². The van der Waals surface area contributed by atoms with Gasteiger partial charge in [-0.15, -0.1) is 11.3 Å². The normalized spacial score (nSPS) is 15.6. The maximum absolute atomic E-state index is 13.2. The van der Waals surface area contributed by atoms with Crippen LogP contribution in [-0.4, -0.2) is 44.6 Å². The molecule has 32 heavy (non-hydrogen) atoms. The number of rotatable bonds is 5. The number of aliphatic hydroxyl groups is 1. The van der Waals surface area contributed by atoms with Gasteiger partial charge < -0.3 is 10.0 Å². The summed E-state index contributed by atoms with van der Waals surface area (Å²) in [5, 5.41) is 14.5. The molecule has 5 rings (SSSR count). The van der Waals surface area contributed by atoms with Gasteiger partial charge in [0.1, 0.15) is 0 Å². The van der Waals surface area contributed by atoms with Crippen LogP contribution < -0.4 is 0 Å². The van der Waals surface area contributed by atoms with E-state index in [4.69, 9.17) is 0 Å². The minimum Gasteiger partial charge on any atom is -0.392 e. The van der Waals surface area contributed by atoms with Gasteiger partial charge in [0.2, 0.25) is 5.91 Å². The van der Waals surface area contributed by atoms with Gasteiger partial charge in [-0.3, -0.25) is 4.79 Å². The molecular weight excluding hydrogens is 448 g/mol. The Labute approximate surface area is 188 Å². The number of aromatic nitrogens is 3. The van der Waals surface area contributed by atoms with Crippen molar-refractivity contribution in [2.75, 3.05) is 0 Å². The third kappa shape index (κ3) is 3.50. The Morgan fingerprint density at radius 3 is 2.66 bits per heavy atom. The lowest BCUT2D eigenvalue weighted by molar-refractivity contribution is -0.135. The highest BCUT2D eigenvalue weighted by atomic mass is 32.2. The predicted octanol–water partition coefficient (Wildman–Crippen LogP) is 2.74. The molecule has 0 saturated carbocycles. The molecule has 2 aromatic carbocycles. The van der Waals surface area contributed by atoms with E-state index in [0.717, 1.165) is 19.9 Å². The molecule has 3 heterocycles. The Balaban J connectivity index is 1.39. The Bertz CT molecular complexity index is 1390. The predicted molar refractivity (Wildman–Crippen MR) is 120 cm³/mol. The quantitative estimate of drug-likeness (QED) is 0.483. The summed E-state index contributed by atoms with van der Waals surface area (Å²) in [6, 6.07) is 13.9. The average Bonchev–Trinajstić information content (AvgIpc) is 3.48. The van der Waals surface area contributed by atoms with E-state index < -0.39 is 22.0 Å². The summed E-state index contributed by atoms with van der Waals surface area (Å²) in [4.78, 5) is 19.1. The van der Waals surface area contributed by atoms with Crippen LogP contribution in [0, 0.1) is 0 Å². The van der Waals surface area contributed by atoms with Crippen molar-refractivity contribution in [3.05, 3.63) is 77.1 Å². The van der Waals surface area contributed by atoms with Crippen molar-refractivity contribution in [2.45, 2.75) is 36.9 Å². The Kier molecular flexibility index (Phi) is 5.07. The number of benzene rings is 2. The number of fused-ring (bicyclic) bond motifs is 2. The van der Waals surface area contributed by atoms with Crippen molar-refractivity contribution in [1.82, 2.24) is 19.1 Å². The fraction of sp³-hybridized carbons (Fsp3) is 0.227. The number of aliphatic hydroxyl groups excluding tert-OH is 1. The first-order valence-electron chi connectivity index (χ1n) is 10.0. The number of carbonyl (C=O) groups excluding carboxylic acids is 1. The zero-order valence-electron chi connectivity index (χ0n) is 17.1. The first-order valence-corrected chi connectivity index (χ1v) is 12.3. The molecule has 1 amide bonds. The molecule has 0 saturated heterocycles. The second kappa shape index (κ2) is 7.80. The van der Waals surface area contributed by atoms with E-state index >= 15 is 0 Å². The Morgan fingerprint density at radius 1 is 1.16 bits per heavy atom. The van der Waals surface area contributed by atoms with Crippen LogP contribution in [0.1, 0.15) is 29.7 Å². The van der Waals surface area contributed by atoms with Gasteiger partial charge >= 0.3 is 0 Å². The van der Waals surface area contributed by atoms with Crippen molar-refractivity contribution >= 4 is 37.5 Å². The van der Waals surface area contributed by atoms with E-state index in [1.54, 1.807) is 29.5 Å². The third-order valence-corrected chi connectivity index (χ3v) is 7.94. The molecule has 1 aliphatic rings. The van der Waals surface area contributed by atoms with E-state index in [1.807, 2.05) is 30.3 Å². The highest BCUT2D eigenvalue weighted by Gasteiger charge is 2.35. The van der Waals surface area contributed by atoms with Crippen molar-refractivity contribution < 1.29 is 18.3 Å². The standard InChI is InChI=1S/C22H20N4O4S2/c1-14(27)21(15-5-3-2-4-6-15)22(28)25-10-16-11-26(24-19(16)12-25)32(29,30)17-7-8-18-20(9-17)31-13-23-18/h2-9,11,13-14,21,27H,10,12H2,1H3/t14-,21-/m0/s1. The number of hydrogen-bond donors (Lipinski definition) is 1. The fourth-order valence-electron chi connectivity index (χ4n) is 3.99. The fourth-order valence-corrected chi connectivity index (χ4v) is 5.98. The maximum atomic E-state index is 13.2. The summed E-state index contributed by atoms with van der Waals surface area (Å²) in [6.45, 7) is 2.03. The van der Waals surface area contributed by atoms with Crippen LogP contribution in [-0.2, 0) is 27.9 Å². The van der Waals surface area contributed by atoms with Gasteiger partial charge in [0.15, 0.2) is 0 Å². The molecule has 0 spiro atoms. The zero-order valence-corrected chi connectivity index (χ0v) is 18.8. The molecule has 0 unspecified atom stereocenters. The van der Waals surface area contributed by atoms with Crippen LogP contribution in [0.2, 0.25) is 0 Å². The lowest BCUT2D eigenvalue weighted by Crippen LogP contribution is -2.36. The zero-order chi connectivity index (χ0) is 22.5. The molecule has 2 atom stereocenters. The van der Waals surface area contributed by atoms with Gasteiger partial charge in [-0.25, -0.2) is 4.98 Å². The molecule has 10 heteroatoms. The summed E-state index contributed by atoms with van der Waals surface area (Å²) in [7, 11) is -3.86. The minimum atomic E-state index is -3.86. The number of carbonyl (C=O) groups is 1. The number of amides is 1. The van der Waals surface area contributed by atoms with Crippen molar-refractivity contribution in [2.24, 2.45) is 0 Å². The molecule has 0 fully saturated rings. The highest BCUT2D eigenvalue weighted by Crippen LogP contribution is 2.30. The SMILES string of the molecule is C[C@H](O)[C@H](C(=O)N1Cc2cn(S(=O)(=O)c3ccc4ncsc4c3)nc2C1)c1ccccc1. The lowest BCUT2D eigenvalue weighted by atomic mass is 9.93. The molecule has 0 bridgehead atoms. The van der Waals surface area contributed by atoms with Gasteiger partial charge in [0.05, 0.1) is 44.9 Å². The van der Waals surface area contributed by atoms with Crippen LogP contribution in [0.3, 0.4) is 0 Å². The summed E-state index contributed by atoms with van der Waals surface area (Å²) in [5.74, 6) is -0.906. The van der Waals surface area contributed by atoms with Gasteiger partial charge in [-0.2, -0.15) is 17.6 Å². The second-order valence-electron chi connectivity index (χ2n) is 7.78. The van der Waals surface area contributed by atoms with E-state index in [2.05, 4.69) is 10.1 Å². The molecule has 4 aromatic rings. The van der Waals surface area contributed by atoms with E-state index in [1.165, 1.54) is 23.6 Å². The van der Waals surface area contributed by atoms with Crippen LogP contribution in [0.15, 0.2) is 65.1 Å². The van der Waals surface area contributed by atoms with E-state index in [-0.39, 0.29) is 23.9 Å². The smallest absolute Gasteiger partial charge is 0.283 e. The summed E-state index contributed by atoms with van der Waals surface area (Å²) in [6.07, 6.45) is 0.606. The molecule has 164 valence electrons. The average molecular weight is 469 g/mol. The molecule has 8 nitrogen and oxygen atoms in total. The molecule has 1 N–H and O–H groups in total. The van der Waals surface area contributed by atoms with Crippen molar-refractivity contribution in [3.63, 3.8) is 0 Å². The van der Waals surface area contributed by atoms with Crippen LogP contribution in [0.4, 0.5) is 0 Å². The summed E-state index contributed by atoms with van der Waals surface area (Å²) >= 11 is 1.37. The van der Waals surface area contributed by atoms with Crippen LogP contribution >= 0.6 is 11.3 Å². The van der Waals surface area contributed by atoms with E-state index in [9.17, 15) is 18.3 Å². The molecule has 0 aliphatic carbocycles. The first kappa shape index (κ1) is 20.8. The highest BCUT2D eigenvalue weighted by molar-refractivity contribution is 7.89. The number of hydrogen-bond acceptors (Lipinski definition) is 7. The van der Waals surface area contributed by atoms with Gasteiger partial charge in [0, 0.05) is 18.3 Å². The van der Waals surface area contributed by atoms with Crippen LogP contribution in [0.5, 0.6) is 0 Å². The van der Waals surface area contributed by atoms with Gasteiger partial charge in [-0.1, -0.05) is 30.3 Å². The topological polar surface area (TPSA) is 105 Å². The minimum absolute atomic E-state index is 0.140. The maximum Gasteiger partial charge on any atom is 0.283 e. The Hall–Kier alpha value is -3.08. The largest absolute Gasteiger partial charge is 0.392 e. The molecular formula is C22H20N4O4S2. The van der Waals surface area contributed by atoms with E-state index in [0.29, 0.717) is 11.3 Å². The first-order chi connectivity index (χ1) is 15.3. The monoisotopic (exact) mass is 468 g/mol. The third-order valence-electron chi connectivity index (χ3n) is 5.62. The summed E-state index contributed by atoms with van der Waals surface area (Å²) in [5.41, 5.74) is 4.38. The second-order valence-corrected chi connectivity index (χ2v) is 10.5. The Morgan fingerprint density at radius 2 is 1.94 bits per heavy atom. The lowest BCUT2D eigenvalue weighted by Gasteiger charge is -2.25.